The minimum absolute atomic E-state index is 0.925. The molecule has 0 aliphatic heterocycles. The zero-order valence-electron chi connectivity index (χ0n) is 3.77. The fourth-order valence-corrected chi connectivity index (χ4v) is 0.515. The molecule has 0 aliphatic carbocycles. The molecule has 0 aromatic carbocycles. The fraction of sp³-hybridized carbons (Fsp3) is 0.333. The Balaban J connectivity index is 4.40. The number of halogens is 6. The van der Waals surface area contributed by atoms with Gasteiger partial charge in [-0.2, -0.15) is 8.78 Å². The van der Waals surface area contributed by atoms with Crippen molar-refractivity contribution < 1.29 is 17.6 Å². The van der Waals surface area contributed by atoms with E-state index in [2.05, 4.69) is 0 Å². The maximum absolute atomic E-state index is 12.1. The lowest BCUT2D eigenvalue weighted by Gasteiger charge is -2.03. The Morgan fingerprint density at radius 2 is 1.44 bits per heavy atom. The van der Waals surface area contributed by atoms with E-state index in [1.165, 1.54) is 0 Å². The standard InChI is InChI=1S/C3F4I2/c4-1(2(5)6)3(7,8)9. The third-order valence-corrected chi connectivity index (χ3v) is 1.36. The summed E-state index contributed by atoms with van der Waals surface area (Å²) in [5.41, 5.74) is 0. The van der Waals surface area contributed by atoms with Crippen LogP contribution in [0.25, 0.3) is 0 Å². The molecule has 0 unspecified atom stereocenters. The lowest BCUT2D eigenvalue weighted by molar-refractivity contribution is 0.335. The monoisotopic (exact) mass is 366 g/mol. The van der Waals surface area contributed by atoms with Gasteiger partial charge in [0.2, 0.25) is 5.83 Å². The van der Waals surface area contributed by atoms with Crippen LogP contribution in [0.1, 0.15) is 0 Å². The second-order valence-electron chi connectivity index (χ2n) is 1.07. The van der Waals surface area contributed by atoms with E-state index in [0.29, 0.717) is 0 Å². The van der Waals surface area contributed by atoms with E-state index >= 15 is 0 Å². The first kappa shape index (κ1) is 9.92. The number of rotatable bonds is 1. The predicted octanol–water partition coefficient (Wildman–Crippen LogP) is 3.56. The van der Waals surface area contributed by atoms with Gasteiger partial charge in [0.05, 0.1) is 0 Å². The first-order valence-corrected chi connectivity index (χ1v) is 3.79. The molecule has 0 aromatic rings. The van der Waals surface area contributed by atoms with Crippen molar-refractivity contribution in [2.75, 3.05) is 0 Å². The molecule has 0 fully saturated rings. The van der Waals surface area contributed by atoms with E-state index in [1.807, 2.05) is 0 Å². The van der Waals surface area contributed by atoms with Crippen LogP contribution in [0.2, 0.25) is 0 Å². The van der Waals surface area contributed by atoms with Crippen LogP contribution in [-0.4, -0.2) is 1.68 Å². The molecule has 0 heterocycles. The van der Waals surface area contributed by atoms with Gasteiger partial charge in [-0.1, -0.05) is 0 Å². The van der Waals surface area contributed by atoms with Gasteiger partial charge in [0.25, 0.3) is 1.68 Å². The second-order valence-corrected chi connectivity index (χ2v) is 6.11. The van der Waals surface area contributed by atoms with Gasteiger partial charge in [0, 0.05) is 0 Å². The summed E-state index contributed by atoms with van der Waals surface area (Å²) >= 11 is 1.85. The Hall–Kier alpha value is 0.920. The minimum atomic E-state index is -2.62. The maximum Gasteiger partial charge on any atom is 0.306 e. The van der Waals surface area contributed by atoms with Crippen LogP contribution >= 0.6 is 45.2 Å². The average molecular weight is 366 g/mol. The highest BCUT2D eigenvalue weighted by molar-refractivity contribution is 14.2. The third-order valence-electron chi connectivity index (χ3n) is 0.415. The van der Waals surface area contributed by atoms with Crippen molar-refractivity contribution in [2.45, 2.75) is 1.68 Å². The Morgan fingerprint density at radius 3 is 1.44 bits per heavy atom. The van der Waals surface area contributed by atoms with Crippen LogP contribution in [0.5, 0.6) is 0 Å². The number of hydrogen-bond acceptors (Lipinski definition) is 0. The van der Waals surface area contributed by atoms with Crippen molar-refractivity contribution in [3.63, 3.8) is 0 Å². The fourth-order valence-electron chi connectivity index (χ4n) is 0.107. The van der Waals surface area contributed by atoms with Gasteiger partial charge in [0.15, 0.2) is 0 Å². The molecular weight excluding hydrogens is 366 g/mol. The van der Waals surface area contributed by atoms with Gasteiger partial charge in [-0.25, -0.2) is 8.78 Å². The van der Waals surface area contributed by atoms with Crippen molar-refractivity contribution in [1.82, 2.24) is 0 Å². The topological polar surface area (TPSA) is 0 Å². The maximum atomic E-state index is 12.1. The highest BCUT2D eigenvalue weighted by Gasteiger charge is 2.31. The summed E-state index contributed by atoms with van der Waals surface area (Å²) in [6.07, 6.45) is -2.61. The molecule has 0 bridgehead atoms. The molecule has 6 heteroatoms. The van der Waals surface area contributed by atoms with E-state index in [1.54, 1.807) is 0 Å². The summed E-state index contributed by atoms with van der Waals surface area (Å²) < 4.78 is 43.6. The number of allylic oxidation sites excluding steroid dienone is 1. The van der Waals surface area contributed by atoms with E-state index < -0.39 is 13.6 Å². The summed E-state index contributed by atoms with van der Waals surface area (Å²) in [6, 6.07) is 0. The summed E-state index contributed by atoms with van der Waals surface area (Å²) in [4.78, 5) is 0. The largest absolute Gasteiger partial charge is 0.306 e. The molecule has 0 aromatic heterocycles. The third kappa shape index (κ3) is 3.58. The molecular formula is C3F4I2. The molecule has 0 amide bonds. The van der Waals surface area contributed by atoms with Gasteiger partial charge in [-0.05, 0) is 45.2 Å². The molecule has 0 rings (SSSR count). The summed E-state index contributed by atoms with van der Waals surface area (Å²) in [5, 5.41) is 0. The average Bonchev–Trinajstić information content (AvgIpc) is 1.62. The molecule has 0 N–H and O–H groups in total. The van der Waals surface area contributed by atoms with E-state index in [-0.39, 0.29) is 0 Å². The Bertz CT molecular complexity index is 131. The number of alkyl halides is 3. The SMILES string of the molecule is FC(F)=C(F)C(F)(I)I. The molecule has 0 nitrogen and oxygen atoms in total. The summed E-state index contributed by atoms with van der Waals surface area (Å²) in [6.45, 7) is 0. The molecule has 0 spiro atoms. The molecule has 0 radical (unpaired) electrons. The first-order valence-electron chi connectivity index (χ1n) is 1.63. The second kappa shape index (κ2) is 3.35. The van der Waals surface area contributed by atoms with Crippen LogP contribution in [0, 0.1) is 0 Å². The van der Waals surface area contributed by atoms with Crippen LogP contribution in [0.3, 0.4) is 0 Å². The molecule has 0 atom stereocenters. The van der Waals surface area contributed by atoms with Gasteiger partial charge >= 0.3 is 6.08 Å². The molecule has 0 saturated carbocycles. The van der Waals surface area contributed by atoms with Gasteiger partial charge in [0.1, 0.15) is 0 Å². The van der Waals surface area contributed by atoms with Crippen molar-refractivity contribution in [3.05, 3.63) is 11.9 Å². The normalized spacial score (nSPS) is 11.3. The van der Waals surface area contributed by atoms with Crippen molar-refractivity contribution in [1.29, 1.82) is 0 Å². The van der Waals surface area contributed by atoms with Gasteiger partial charge in [-0.3, -0.25) is 0 Å². The quantitative estimate of drug-likeness (QED) is 0.379. The van der Waals surface area contributed by atoms with Crippen LogP contribution in [0.4, 0.5) is 17.6 Å². The Labute approximate surface area is 76.0 Å². The highest BCUT2D eigenvalue weighted by atomic mass is 127. The van der Waals surface area contributed by atoms with Crippen molar-refractivity contribution >= 4 is 45.2 Å². The van der Waals surface area contributed by atoms with Crippen LogP contribution in [-0.2, 0) is 0 Å². The smallest absolute Gasteiger partial charge is 0.213 e. The molecule has 0 saturated heterocycles. The molecule has 54 valence electrons. The van der Waals surface area contributed by atoms with Gasteiger partial charge < -0.3 is 0 Å². The van der Waals surface area contributed by atoms with Crippen molar-refractivity contribution in [3.8, 4) is 0 Å². The highest BCUT2D eigenvalue weighted by Crippen LogP contribution is 2.39. The van der Waals surface area contributed by atoms with E-state index in [4.69, 9.17) is 0 Å². The zero-order valence-corrected chi connectivity index (χ0v) is 8.08. The lowest BCUT2D eigenvalue weighted by Crippen LogP contribution is -2.02. The van der Waals surface area contributed by atoms with Gasteiger partial charge in [-0.15, -0.1) is 0 Å². The first-order chi connectivity index (χ1) is 3.85. The zero-order chi connectivity index (χ0) is 7.65. The van der Waals surface area contributed by atoms with E-state index in [0.717, 1.165) is 45.2 Å². The van der Waals surface area contributed by atoms with Crippen LogP contribution in [0.15, 0.2) is 11.9 Å². The minimum Gasteiger partial charge on any atom is -0.213 e. The summed E-state index contributed by atoms with van der Waals surface area (Å²) in [5.74, 6) is -2.02. The lowest BCUT2D eigenvalue weighted by atomic mass is 10.6. The Morgan fingerprint density at radius 1 is 1.11 bits per heavy atom. The molecule has 0 aliphatic rings. The van der Waals surface area contributed by atoms with E-state index in [9.17, 15) is 17.6 Å². The van der Waals surface area contributed by atoms with Crippen LogP contribution < -0.4 is 0 Å². The predicted molar refractivity (Wildman–Crippen MR) is 42.2 cm³/mol. The van der Waals surface area contributed by atoms with Crippen molar-refractivity contribution in [2.24, 2.45) is 0 Å². The Kier molecular flexibility index (Phi) is 3.69. The summed E-state index contributed by atoms with van der Waals surface area (Å²) in [7, 11) is 0. The number of hydrogen-bond donors (Lipinski definition) is 0. The molecule has 9 heavy (non-hydrogen) atoms.